The topological polar surface area (TPSA) is 81.6 Å². The third kappa shape index (κ3) is 4.72. The molecule has 0 saturated carbocycles. The second-order valence-electron chi connectivity index (χ2n) is 2.29. The quantitative estimate of drug-likeness (QED) is 0.417. The second-order valence-corrected chi connectivity index (χ2v) is 2.29. The van der Waals surface area contributed by atoms with Gasteiger partial charge in [-0.05, 0) is 6.42 Å². The monoisotopic (exact) mass is 162 g/mol. The van der Waals surface area contributed by atoms with E-state index in [0.717, 1.165) is 12.8 Å². The summed E-state index contributed by atoms with van der Waals surface area (Å²) < 4.78 is 0. The highest BCUT2D eigenvalue weighted by Crippen LogP contribution is 1.99. The summed E-state index contributed by atoms with van der Waals surface area (Å²) in [5.41, 5.74) is 3.85. The summed E-state index contributed by atoms with van der Waals surface area (Å²) >= 11 is 0. The van der Waals surface area contributed by atoms with E-state index in [2.05, 4.69) is 5.43 Å². The van der Waals surface area contributed by atoms with Crippen LogP contribution in [0.5, 0.6) is 0 Å². The highest BCUT2D eigenvalue weighted by molar-refractivity contribution is 5.73. The molecule has 0 radical (unpaired) electrons. The van der Waals surface area contributed by atoms with E-state index in [0.29, 0.717) is 6.42 Å². The van der Waals surface area contributed by atoms with Crippen LogP contribution >= 0.6 is 0 Å². The van der Waals surface area contributed by atoms with Crippen LogP contribution in [0.25, 0.3) is 0 Å². The zero-order chi connectivity index (χ0) is 8.69. The Bertz CT molecular complexity index is 118. The Morgan fingerprint density at radius 3 is 2.64 bits per heavy atom. The molecular formula is C6H14N2O3. The first-order chi connectivity index (χ1) is 5.22. The SMILES string of the molecule is CCCC[C@H](NNO)C(=O)O. The van der Waals surface area contributed by atoms with Crippen LogP contribution in [0.3, 0.4) is 0 Å². The first-order valence-electron chi connectivity index (χ1n) is 3.59. The van der Waals surface area contributed by atoms with Crippen LogP contribution in [-0.2, 0) is 4.79 Å². The minimum absolute atomic E-state index is 0.513. The van der Waals surface area contributed by atoms with Gasteiger partial charge in [0.25, 0.3) is 0 Å². The number of carboxylic acid groups (broad SMARTS) is 1. The first kappa shape index (κ1) is 10.3. The first-order valence-corrected chi connectivity index (χ1v) is 3.59. The fourth-order valence-electron chi connectivity index (χ4n) is 0.744. The fourth-order valence-corrected chi connectivity index (χ4v) is 0.744. The van der Waals surface area contributed by atoms with Crippen molar-refractivity contribution < 1.29 is 15.1 Å². The normalized spacial score (nSPS) is 12.9. The molecule has 0 amide bonds. The molecule has 0 saturated heterocycles. The van der Waals surface area contributed by atoms with Crippen LogP contribution in [0.4, 0.5) is 0 Å². The summed E-state index contributed by atoms with van der Waals surface area (Å²) in [7, 11) is 0. The molecule has 0 spiro atoms. The van der Waals surface area contributed by atoms with E-state index in [9.17, 15) is 4.79 Å². The van der Waals surface area contributed by atoms with Crippen molar-refractivity contribution in [3.8, 4) is 0 Å². The number of unbranched alkanes of at least 4 members (excludes halogenated alkanes) is 1. The van der Waals surface area contributed by atoms with Gasteiger partial charge in [0.2, 0.25) is 0 Å². The summed E-state index contributed by atoms with van der Waals surface area (Å²) in [5.74, 6) is -0.958. The number of aliphatic carboxylic acids is 1. The molecule has 0 unspecified atom stereocenters. The smallest absolute Gasteiger partial charge is 0.322 e. The Hall–Kier alpha value is -0.650. The van der Waals surface area contributed by atoms with Gasteiger partial charge in [-0.25, -0.2) is 5.43 Å². The molecule has 0 fully saturated rings. The van der Waals surface area contributed by atoms with Gasteiger partial charge in [0.05, 0.1) is 0 Å². The molecule has 0 aromatic carbocycles. The molecule has 66 valence electrons. The van der Waals surface area contributed by atoms with E-state index in [1.165, 1.54) is 0 Å². The molecule has 1 atom stereocenters. The van der Waals surface area contributed by atoms with Crippen molar-refractivity contribution in [2.75, 3.05) is 0 Å². The number of carbonyl (C=O) groups is 1. The summed E-state index contributed by atoms with van der Waals surface area (Å²) in [4.78, 5) is 10.4. The fraction of sp³-hybridized carbons (Fsp3) is 0.833. The molecular weight excluding hydrogens is 148 g/mol. The van der Waals surface area contributed by atoms with Gasteiger partial charge in [0.1, 0.15) is 6.04 Å². The summed E-state index contributed by atoms with van der Waals surface area (Å²) in [6, 6.07) is -0.708. The van der Waals surface area contributed by atoms with E-state index >= 15 is 0 Å². The van der Waals surface area contributed by atoms with E-state index in [1.807, 2.05) is 6.92 Å². The largest absolute Gasteiger partial charge is 0.480 e. The molecule has 4 N–H and O–H groups in total. The zero-order valence-corrected chi connectivity index (χ0v) is 6.50. The maximum atomic E-state index is 10.4. The van der Waals surface area contributed by atoms with Crippen molar-refractivity contribution in [1.29, 1.82) is 0 Å². The minimum atomic E-state index is -0.958. The molecule has 0 aliphatic heterocycles. The van der Waals surface area contributed by atoms with E-state index in [4.69, 9.17) is 10.3 Å². The van der Waals surface area contributed by atoms with Crippen molar-refractivity contribution in [1.82, 2.24) is 11.0 Å². The van der Waals surface area contributed by atoms with Gasteiger partial charge in [0.15, 0.2) is 0 Å². The predicted octanol–water partition coefficient (Wildman–Crippen LogP) is 0.113. The van der Waals surface area contributed by atoms with Crippen LogP contribution < -0.4 is 11.0 Å². The zero-order valence-electron chi connectivity index (χ0n) is 6.50. The van der Waals surface area contributed by atoms with Gasteiger partial charge in [-0.2, -0.15) is 0 Å². The number of rotatable bonds is 6. The second kappa shape index (κ2) is 6.09. The lowest BCUT2D eigenvalue weighted by atomic mass is 10.1. The third-order valence-electron chi connectivity index (χ3n) is 1.38. The van der Waals surface area contributed by atoms with Gasteiger partial charge in [0, 0.05) is 0 Å². The average molecular weight is 162 g/mol. The number of nitrogens with one attached hydrogen (secondary N) is 2. The van der Waals surface area contributed by atoms with Gasteiger partial charge >= 0.3 is 5.97 Å². The lowest BCUT2D eigenvalue weighted by Crippen LogP contribution is -2.43. The third-order valence-corrected chi connectivity index (χ3v) is 1.38. The molecule has 0 aromatic heterocycles. The van der Waals surface area contributed by atoms with E-state index in [-0.39, 0.29) is 0 Å². The molecule has 11 heavy (non-hydrogen) atoms. The maximum absolute atomic E-state index is 10.4. The maximum Gasteiger partial charge on any atom is 0.322 e. The molecule has 0 rings (SSSR count). The van der Waals surface area contributed by atoms with Gasteiger partial charge in [-0.15, -0.1) is 5.59 Å². The van der Waals surface area contributed by atoms with Crippen molar-refractivity contribution in [2.24, 2.45) is 0 Å². The van der Waals surface area contributed by atoms with Gasteiger partial charge in [-0.1, -0.05) is 19.8 Å². The molecule has 5 heteroatoms. The minimum Gasteiger partial charge on any atom is -0.480 e. The highest BCUT2D eigenvalue weighted by atomic mass is 16.5. The summed E-state index contributed by atoms with van der Waals surface area (Å²) in [6.45, 7) is 1.98. The highest BCUT2D eigenvalue weighted by Gasteiger charge is 2.14. The van der Waals surface area contributed by atoms with Crippen molar-refractivity contribution in [3.63, 3.8) is 0 Å². The van der Waals surface area contributed by atoms with Crippen LogP contribution in [0, 0.1) is 0 Å². The van der Waals surface area contributed by atoms with Crippen LogP contribution in [0.15, 0.2) is 0 Å². The summed E-state index contributed by atoms with van der Waals surface area (Å²) in [5, 5.41) is 16.7. The Labute approximate surface area is 65.3 Å². The van der Waals surface area contributed by atoms with Gasteiger partial charge in [-0.3, -0.25) is 4.79 Å². The Kier molecular flexibility index (Phi) is 5.73. The molecule has 0 aliphatic rings. The summed E-state index contributed by atoms with van der Waals surface area (Å²) in [6.07, 6.45) is 2.28. The van der Waals surface area contributed by atoms with Gasteiger partial charge < -0.3 is 10.3 Å². The average Bonchev–Trinajstić information content (AvgIpc) is 1.97. The van der Waals surface area contributed by atoms with Crippen molar-refractivity contribution in [3.05, 3.63) is 0 Å². The van der Waals surface area contributed by atoms with Crippen molar-refractivity contribution >= 4 is 5.97 Å². The van der Waals surface area contributed by atoms with E-state index < -0.39 is 12.0 Å². The van der Waals surface area contributed by atoms with Crippen LogP contribution in [0.1, 0.15) is 26.2 Å². The molecule has 0 heterocycles. The Morgan fingerprint density at radius 2 is 2.27 bits per heavy atom. The molecule has 0 aliphatic carbocycles. The van der Waals surface area contributed by atoms with E-state index in [1.54, 1.807) is 5.59 Å². The number of hydrogen-bond donors (Lipinski definition) is 4. The lowest BCUT2D eigenvalue weighted by Gasteiger charge is -2.10. The predicted molar refractivity (Wildman–Crippen MR) is 39.0 cm³/mol. The van der Waals surface area contributed by atoms with Crippen LogP contribution in [0.2, 0.25) is 0 Å². The number of hydrazine groups is 1. The Morgan fingerprint density at radius 1 is 1.64 bits per heavy atom. The Balaban J connectivity index is 3.60. The van der Waals surface area contributed by atoms with Crippen LogP contribution in [-0.4, -0.2) is 22.3 Å². The molecule has 0 bridgehead atoms. The number of carboxylic acids is 1. The molecule has 5 nitrogen and oxygen atoms in total. The van der Waals surface area contributed by atoms with Crippen molar-refractivity contribution in [2.45, 2.75) is 32.2 Å². The number of hydrogen-bond acceptors (Lipinski definition) is 4. The standard InChI is InChI=1S/C6H14N2O3/c1-2-3-4-5(6(9)10)7-8-11/h5,7-8,11H,2-4H2,1H3,(H,9,10)/t5-/m0/s1. The molecule has 0 aromatic rings. The lowest BCUT2D eigenvalue weighted by molar-refractivity contribution is -0.141.